The van der Waals surface area contributed by atoms with Gasteiger partial charge in [-0.3, -0.25) is 4.98 Å². The number of rotatable bonds is 2. The van der Waals surface area contributed by atoms with Crippen LogP contribution < -0.4 is 5.32 Å². The van der Waals surface area contributed by atoms with Crippen molar-refractivity contribution >= 4 is 0 Å². The summed E-state index contributed by atoms with van der Waals surface area (Å²) < 4.78 is 2.10. The maximum Gasteiger partial charge on any atom is 0.165 e. The number of hydrogen-bond acceptors (Lipinski definition) is 4. The van der Waals surface area contributed by atoms with E-state index in [-0.39, 0.29) is 0 Å². The Morgan fingerprint density at radius 1 is 1.40 bits per heavy atom. The smallest absolute Gasteiger partial charge is 0.165 e. The van der Waals surface area contributed by atoms with Gasteiger partial charge in [-0.25, -0.2) is 0 Å². The average molecular weight is 201 g/mol. The van der Waals surface area contributed by atoms with Crippen molar-refractivity contribution in [1.82, 2.24) is 25.1 Å². The van der Waals surface area contributed by atoms with Gasteiger partial charge in [-0.1, -0.05) is 0 Å². The van der Waals surface area contributed by atoms with Crippen LogP contribution in [0.3, 0.4) is 0 Å². The lowest BCUT2D eigenvalue weighted by atomic mass is 10.1. The van der Waals surface area contributed by atoms with Crippen LogP contribution in [-0.4, -0.2) is 32.8 Å². The molecule has 5 nitrogen and oxygen atoms in total. The van der Waals surface area contributed by atoms with E-state index in [1.807, 2.05) is 18.3 Å². The molecule has 0 aliphatic carbocycles. The number of pyridine rings is 1. The maximum absolute atomic E-state index is 4.13. The van der Waals surface area contributed by atoms with Crippen LogP contribution in [0, 0.1) is 0 Å². The summed E-state index contributed by atoms with van der Waals surface area (Å²) in [5.41, 5.74) is 1.02. The van der Waals surface area contributed by atoms with E-state index in [0.717, 1.165) is 24.5 Å². The minimum atomic E-state index is 0.482. The SMILES string of the molecule is c1cncc(-c2nncn2C2CNC2)c1. The second-order valence-corrected chi connectivity index (χ2v) is 3.62. The molecular weight excluding hydrogens is 190 g/mol. The van der Waals surface area contributed by atoms with Gasteiger partial charge in [-0.15, -0.1) is 10.2 Å². The minimum absolute atomic E-state index is 0.482. The fourth-order valence-corrected chi connectivity index (χ4v) is 1.68. The van der Waals surface area contributed by atoms with Gasteiger partial charge >= 0.3 is 0 Å². The Bertz CT molecular complexity index is 446. The van der Waals surface area contributed by atoms with Gasteiger partial charge in [0, 0.05) is 31.0 Å². The summed E-state index contributed by atoms with van der Waals surface area (Å²) >= 11 is 0. The van der Waals surface area contributed by atoms with Gasteiger partial charge in [0.25, 0.3) is 0 Å². The highest BCUT2D eigenvalue weighted by atomic mass is 15.3. The standard InChI is InChI=1S/C10H11N5/c1-2-8(4-11-3-1)10-14-13-7-15(10)9-5-12-6-9/h1-4,7,9,12H,5-6H2. The van der Waals surface area contributed by atoms with Crippen LogP contribution in [0.1, 0.15) is 6.04 Å². The first-order valence-corrected chi connectivity index (χ1v) is 4.96. The Morgan fingerprint density at radius 2 is 2.33 bits per heavy atom. The molecule has 0 bridgehead atoms. The van der Waals surface area contributed by atoms with Crippen LogP contribution in [0.4, 0.5) is 0 Å². The van der Waals surface area contributed by atoms with E-state index in [9.17, 15) is 0 Å². The Balaban J connectivity index is 2.01. The molecule has 15 heavy (non-hydrogen) atoms. The molecule has 1 N–H and O–H groups in total. The van der Waals surface area contributed by atoms with Gasteiger partial charge in [0.2, 0.25) is 0 Å². The molecule has 3 heterocycles. The van der Waals surface area contributed by atoms with Crippen LogP contribution in [0.5, 0.6) is 0 Å². The summed E-state index contributed by atoms with van der Waals surface area (Å²) in [6.07, 6.45) is 5.36. The molecule has 5 heteroatoms. The topological polar surface area (TPSA) is 55.6 Å². The van der Waals surface area contributed by atoms with Crippen molar-refractivity contribution in [3.8, 4) is 11.4 Å². The highest BCUT2D eigenvalue weighted by molar-refractivity contribution is 5.53. The summed E-state index contributed by atoms with van der Waals surface area (Å²) in [6, 6.07) is 4.39. The summed E-state index contributed by atoms with van der Waals surface area (Å²) in [5.74, 6) is 0.898. The van der Waals surface area contributed by atoms with Crippen molar-refractivity contribution < 1.29 is 0 Å². The quantitative estimate of drug-likeness (QED) is 0.768. The Hall–Kier alpha value is -1.75. The van der Waals surface area contributed by atoms with E-state index < -0.39 is 0 Å². The van der Waals surface area contributed by atoms with Crippen LogP contribution in [0.25, 0.3) is 11.4 Å². The maximum atomic E-state index is 4.13. The van der Waals surface area contributed by atoms with E-state index in [4.69, 9.17) is 0 Å². The van der Waals surface area contributed by atoms with Crippen molar-refractivity contribution in [3.05, 3.63) is 30.9 Å². The summed E-state index contributed by atoms with van der Waals surface area (Å²) in [5, 5.41) is 11.3. The molecule has 2 aromatic heterocycles. The molecule has 0 unspecified atom stereocenters. The second-order valence-electron chi connectivity index (χ2n) is 3.62. The molecule has 1 aliphatic heterocycles. The predicted octanol–water partition coefficient (Wildman–Crippen LogP) is 0.484. The Morgan fingerprint density at radius 3 is 3.00 bits per heavy atom. The molecular formula is C10H11N5. The third-order valence-electron chi connectivity index (χ3n) is 2.65. The highest BCUT2D eigenvalue weighted by Crippen LogP contribution is 2.20. The van der Waals surface area contributed by atoms with Crippen molar-refractivity contribution in [2.24, 2.45) is 0 Å². The van der Waals surface area contributed by atoms with Gasteiger partial charge in [-0.05, 0) is 12.1 Å². The summed E-state index contributed by atoms with van der Waals surface area (Å²) in [7, 11) is 0. The van der Waals surface area contributed by atoms with E-state index in [0.29, 0.717) is 6.04 Å². The zero-order valence-electron chi connectivity index (χ0n) is 8.17. The van der Waals surface area contributed by atoms with Crippen LogP contribution in [-0.2, 0) is 0 Å². The lowest BCUT2D eigenvalue weighted by Gasteiger charge is -2.28. The number of nitrogens with zero attached hydrogens (tertiary/aromatic N) is 4. The summed E-state index contributed by atoms with van der Waals surface area (Å²) in [4.78, 5) is 4.09. The van der Waals surface area contributed by atoms with E-state index in [2.05, 4.69) is 25.1 Å². The molecule has 0 aromatic carbocycles. The normalized spacial score (nSPS) is 16.3. The van der Waals surface area contributed by atoms with Gasteiger partial charge in [0.05, 0.1) is 6.04 Å². The minimum Gasteiger partial charge on any atom is -0.313 e. The predicted molar refractivity (Wildman–Crippen MR) is 55.2 cm³/mol. The fourth-order valence-electron chi connectivity index (χ4n) is 1.68. The first-order valence-electron chi connectivity index (χ1n) is 4.96. The molecule has 1 fully saturated rings. The Labute approximate surface area is 87.2 Å². The van der Waals surface area contributed by atoms with Crippen molar-refractivity contribution in [1.29, 1.82) is 0 Å². The molecule has 1 aliphatic rings. The van der Waals surface area contributed by atoms with Gasteiger partial charge in [0.15, 0.2) is 5.82 Å². The fraction of sp³-hybridized carbons (Fsp3) is 0.300. The number of nitrogens with one attached hydrogen (secondary N) is 1. The van der Waals surface area contributed by atoms with Crippen molar-refractivity contribution in [2.45, 2.75) is 6.04 Å². The average Bonchev–Trinajstić information content (AvgIpc) is 2.65. The number of hydrogen-bond donors (Lipinski definition) is 1. The van der Waals surface area contributed by atoms with Crippen molar-refractivity contribution in [2.75, 3.05) is 13.1 Å². The van der Waals surface area contributed by atoms with Gasteiger partial charge in [0.1, 0.15) is 6.33 Å². The molecule has 3 rings (SSSR count). The van der Waals surface area contributed by atoms with Crippen LogP contribution in [0.15, 0.2) is 30.9 Å². The summed E-state index contributed by atoms with van der Waals surface area (Å²) in [6.45, 7) is 1.98. The first-order chi connectivity index (χ1) is 7.45. The van der Waals surface area contributed by atoms with Gasteiger partial charge in [-0.2, -0.15) is 0 Å². The molecule has 0 spiro atoms. The van der Waals surface area contributed by atoms with Gasteiger partial charge < -0.3 is 9.88 Å². The molecule has 1 saturated heterocycles. The second kappa shape index (κ2) is 3.43. The van der Waals surface area contributed by atoms with E-state index >= 15 is 0 Å². The molecule has 2 aromatic rings. The lowest BCUT2D eigenvalue weighted by molar-refractivity contribution is 0.345. The molecule has 76 valence electrons. The van der Waals surface area contributed by atoms with E-state index in [1.165, 1.54) is 0 Å². The third-order valence-corrected chi connectivity index (χ3v) is 2.65. The first kappa shape index (κ1) is 8.55. The van der Waals surface area contributed by atoms with Crippen LogP contribution >= 0.6 is 0 Å². The zero-order valence-corrected chi connectivity index (χ0v) is 8.17. The third kappa shape index (κ3) is 1.41. The Kier molecular flexibility index (Phi) is 1.96. The molecule has 0 radical (unpaired) electrons. The monoisotopic (exact) mass is 201 g/mol. The lowest BCUT2D eigenvalue weighted by Crippen LogP contribution is -2.43. The number of aromatic nitrogens is 4. The molecule has 0 amide bonds. The molecule has 0 saturated carbocycles. The van der Waals surface area contributed by atoms with Crippen LogP contribution in [0.2, 0.25) is 0 Å². The molecule has 0 atom stereocenters. The largest absolute Gasteiger partial charge is 0.313 e. The zero-order chi connectivity index (χ0) is 10.1. The van der Waals surface area contributed by atoms with Crippen molar-refractivity contribution in [3.63, 3.8) is 0 Å². The van der Waals surface area contributed by atoms with E-state index in [1.54, 1.807) is 12.5 Å². The highest BCUT2D eigenvalue weighted by Gasteiger charge is 2.22.